The van der Waals surface area contributed by atoms with Crippen molar-refractivity contribution in [3.8, 4) is 17.3 Å². The molecular formula is C102H113ClF3N12O17S3+. The number of nitrogen functional groups attached to an aromatic ring is 1. The van der Waals surface area contributed by atoms with Crippen molar-refractivity contribution < 1.29 is 97.6 Å². The molecule has 0 spiro atoms. The summed E-state index contributed by atoms with van der Waals surface area (Å²) in [6.07, 6.45) is 15.8. The minimum Gasteiger partial charge on any atom is -0.508 e. The summed E-state index contributed by atoms with van der Waals surface area (Å²) in [6, 6.07) is 52.0. The van der Waals surface area contributed by atoms with Gasteiger partial charge in [-0.2, -0.15) is 10.00 Å². The number of alkyl carbamates (subject to hydrolysis) is 1. The molecule has 9 heterocycles. The lowest BCUT2D eigenvalue weighted by atomic mass is 9.73. The smallest absolute Gasteiger partial charge is 0.508 e. The molecule has 1 saturated carbocycles. The Labute approximate surface area is 811 Å². The van der Waals surface area contributed by atoms with E-state index in [1.54, 1.807) is 79.1 Å². The molecule has 29 nitrogen and oxygen atoms in total. The lowest BCUT2D eigenvalue weighted by molar-refractivity contribution is -0.532. The van der Waals surface area contributed by atoms with E-state index in [9.17, 15) is 55.8 Å². The fourth-order valence-corrected chi connectivity index (χ4v) is 20.5. The van der Waals surface area contributed by atoms with Crippen LogP contribution in [-0.2, 0) is 76.4 Å². The Morgan fingerprint density at radius 2 is 1.38 bits per heavy atom. The Kier molecular flexibility index (Phi) is 34.4. The van der Waals surface area contributed by atoms with Crippen LogP contribution in [0.4, 0.5) is 40.2 Å². The van der Waals surface area contributed by atoms with E-state index in [-0.39, 0.29) is 53.4 Å². The van der Waals surface area contributed by atoms with Crippen LogP contribution in [0.1, 0.15) is 196 Å². The van der Waals surface area contributed by atoms with Gasteiger partial charge in [-0.3, -0.25) is 9.52 Å². The zero-order valence-corrected chi connectivity index (χ0v) is 81.4. The summed E-state index contributed by atoms with van der Waals surface area (Å²) in [4.78, 5) is 79.9. The molecular weight excluding hydrogens is 1850 g/mol. The SMILES string of the molecule is CCCCc1ccc(N2C3=[N+](CCCS3)CC2(O)c2ccc(C)cc2)cc1.CCOC(=O)c1c(NC(=O)c2c(N)n(CCCOC)c3nc4ccccc4nc23)sc2c1CCCC2.Cc1occc1C(=O)OCC(COC(=O)c1ccoc1C)NC(=O)OC(C)(C)C.O=S(=O)(Cc1ccc(OC(F)(F)F)cc1)Nc1cccnc1-n1cccn1.Oc1ccc(C2(c3cccc(Cl)c3)CCCC2)cc1. The van der Waals surface area contributed by atoms with Gasteiger partial charge in [-0.25, -0.2) is 51.8 Å². The third kappa shape index (κ3) is 26.2. The molecule has 1 unspecified atom stereocenters. The van der Waals surface area contributed by atoms with E-state index < -0.39 is 75.2 Å². The van der Waals surface area contributed by atoms with Gasteiger partial charge in [-0.15, -0.1) is 24.5 Å². The Balaban J connectivity index is 0.000000147. The van der Waals surface area contributed by atoms with Gasteiger partial charge >= 0.3 is 35.5 Å². The number of nitrogens with zero attached hydrogens (tertiary/aromatic N) is 8. The quantitative estimate of drug-likeness (QED) is 0.0115. The van der Waals surface area contributed by atoms with Crippen molar-refractivity contribution in [2.75, 3.05) is 73.1 Å². The Morgan fingerprint density at radius 3 is 1.99 bits per heavy atom. The van der Waals surface area contributed by atoms with Crippen molar-refractivity contribution >= 4 is 124 Å². The molecule has 0 bridgehead atoms. The normalized spacial score (nSPS) is 14.9. The number of aryl methyl sites for hydroxylation is 6. The highest BCUT2D eigenvalue weighted by Gasteiger charge is 2.55. The number of unbranched alkanes of at least 4 members (excludes halogenated alkanes) is 1. The average Bonchev–Trinajstić information content (AvgIpc) is 1.59. The number of benzene rings is 6. The van der Waals surface area contributed by atoms with Gasteiger partial charge in [-0.05, 0) is 243 Å². The second-order valence-corrected chi connectivity index (χ2v) is 38.8. The molecule has 7 aromatic heterocycles. The van der Waals surface area contributed by atoms with Gasteiger partial charge in [0.1, 0.15) is 86.6 Å². The fourth-order valence-electron chi connectivity index (χ4n) is 16.6. The van der Waals surface area contributed by atoms with Crippen molar-refractivity contribution in [2.45, 2.75) is 180 Å². The third-order valence-electron chi connectivity index (χ3n) is 23.3. The van der Waals surface area contributed by atoms with E-state index in [1.807, 2.05) is 64.9 Å². The molecule has 17 rings (SSSR count). The number of nitrogens with two attached hydrogens (primary N) is 1. The average molecular weight is 1970 g/mol. The lowest BCUT2D eigenvalue weighted by Crippen LogP contribution is -2.46. The summed E-state index contributed by atoms with van der Waals surface area (Å²) in [7, 11) is -2.20. The summed E-state index contributed by atoms with van der Waals surface area (Å²) in [5.74, 6) is -0.103. The molecule has 36 heteroatoms. The summed E-state index contributed by atoms with van der Waals surface area (Å²) in [6.45, 7) is 17.0. The number of phenols is 1. The highest BCUT2D eigenvalue weighted by Crippen LogP contribution is 2.48. The van der Waals surface area contributed by atoms with Crippen molar-refractivity contribution in [1.29, 1.82) is 0 Å². The molecule has 138 heavy (non-hydrogen) atoms. The number of furan rings is 2. The van der Waals surface area contributed by atoms with Crippen LogP contribution in [0.5, 0.6) is 11.5 Å². The maximum atomic E-state index is 13.7. The van der Waals surface area contributed by atoms with Crippen molar-refractivity contribution in [1.82, 2.24) is 34.6 Å². The molecule has 0 saturated heterocycles. The number of rotatable bonds is 28. The van der Waals surface area contributed by atoms with Gasteiger partial charge in [0.15, 0.2) is 18.0 Å². The topological polar surface area (TPSA) is 371 Å². The van der Waals surface area contributed by atoms with Crippen molar-refractivity contribution in [2.24, 2.45) is 0 Å². The maximum Gasteiger partial charge on any atom is 0.573 e. The number of hydrogen-bond acceptors (Lipinski definition) is 25. The molecule has 1 fully saturated rings. The molecule has 2 aliphatic carbocycles. The number of thiophene rings is 1. The lowest BCUT2D eigenvalue weighted by Gasteiger charge is -2.30. The van der Waals surface area contributed by atoms with E-state index in [0.29, 0.717) is 82.0 Å². The zero-order valence-electron chi connectivity index (χ0n) is 78.2. The summed E-state index contributed by atoms with van der Waals surface area (Å²) in [5, 5.41) is 33.3. The van der Waals surface area contributed by atoms with Crippen LogP contribution >= 0.6 is 34.7 Å². The molecule has 7 N–H and O–H groups in total. The van der Waals surface area contributed by atoms with Crippen molar-refractivity contribution in [3.63, 3.8) is 0 Å². The first-order valence-electron chi connectivity index (χ1n) is 45.5. The fraction of sp³-hybridized carbons (Fsp3) is 0.353. The molecule has 4 aliphatic rings. The number of aromatic nitrogens is 6. The number of carbonyl (C=O) groups excluding carboxylic acids is 5. The number of pyridine rings is 1. The first-order chi connectivity index (χ1) is 66.1. The van der Waals surface area contributed by atoms with Crippen LogP contribution in [0.15, 0.2) is 216 Å². The maximum absolute atomic E-state index is 13.7. The number of methoxy groups -OCH3 is 1. The van der Waals surface area contributed by atoms with Crippen LogP contribution in [0.2, 0.25) is 5.02 Å². The standard InChI is InChI=1S/C26H29N5O4S.C23H29N2OS.C20H25NO8.C17H17ClO.C16H13F3N4O3S/c1-3-35-26(33)19-15-9-4-7-12-18(15)36-25(19)30-24(32)20-21-23(31(22(20)27)13-8-14-34-2)29-17-11-6-5-10-16(17)28-21;1-3-4-6-19-9-13-21(14-10-19)25-22-24(15-5-16-27-22)17-23(25,26)20-11-7-18(2)8-12-20;1-12-15(6-8-25-12)17(22)27-10-14(21-19(24)29-20(3,4)5)11-28-18(23)16-7-9-26-13(16)2;18-15-5-3-4-14(12-15)17(10-1-2-11-17)13-6-8-16(19)9-7-13;17-16(18,19)26-13-6-4-12(5-7-13)11-27(24,25)22-14-3-1-8-20-15(14)23-10-2-9-21-23/h5-6,10-11H,3-4,7-9,12-14,27H2,1-2H3,(H,30,32);7-14,26H,3-6,15-17H2,1-2H3;6-9,14H,10-11H2,1-5H3,(H,21,24);3-9,12,19H,1-2,10-11H2;1-10,22H,11H2/q;+1;;;. The monoisotopic (exact) mass is 1970 g/mol. The minimum absolute atomic E-state index is 0.0681. The van der Waals surface area contributed by atoms with E-state index in [1.165, 1.54) is 131 Å². The summed E-state index contributed by atoms with van der Waals surface area (Å²) < 4.78 is 109. The van der Waals surface area contributed by atoms with Crippen LogP contribution in [0, 0.1) is 20.8 Å². The number of esters is 3. The number of carbonyl (C=O) groups is 5. The van der Waals surface area contributed by atoms with E-state index in [0.717, 1.165) is 102 Å². The van der Waals surface area contributed by atoms with Crippen LogP contribution < -0.4 is 30.7 Å². The number of fused-ring (bicyclic) bond motifs is 3. The van der Waals surface area contributed by atoms with Gasteiger partial charge in [0, 0.05) is 65.5 Å². The van der Waals surface area contributed by atoms with Crippen LogP contribution in [0.3, 0.4) is 0 Å². The molecule has 2 aliphatic heterocycles. The second-order valence-electron chi connectivity index (χ2n) is 34.5. The summed E-state index contributed by atoms with van der Waals surface area (Å²) >= 11 is 9.47. The first kappa shape index (κ1) is 102. The number of amidine groups is 1. The number of anilines is 4. The molecule has 2 amide bonds. The third-order valence-corrected chi connectivity index (χ3v) is 27.1. The predicted octanol–water partition coefficient (Wildman–Crippen LogP) is 20.5. The van der Waals surface area contributed by atoms with Gasteiger partial charge in [-0.1, -0.05) is 128 Å². The van der Waals surface area contributed by atoms with Gasteiger partial charge in [0.25, 0.3) is 11.6 Å². The molecule has 1 atom stereocenters. The van der Waals surface area contributed by atoms with Gasteiger partial charge in [0.2, 0.25) is 10.0 Å². The number of alkyl halides is 3. The van der Waals surface area contributed by atoms with E-state index in [4.69, 9.17) is 59.8 Å². The number of halogens is 4. The second kappa shape index (κ2) is 46.4. The van der Waals surface area contributed by atoms with E-state index in [2.05, 4.69) is 114 Å². The van der Waals surface area contributed by atoms with Crippen molar-refractivity contribution in [3.05, 3.63) is 290 Å². The van der Waals surface area contributed by atoms with E-state index >= 15 is 0 Å². The largest absolute Gasteiger partial charge is 0.573 e. The van der Waals surface area contributed by atoms with Crippen LogP contribution in [0.25, 0.3) is 28.0 Å². The highest BCUT2D eigenvalue weighted by molar-refractivity contribution is 8.14. The highest BCUT2D eigenvalue weighted by atomic mass is 35.5. The molecule has 0 radical (unpaired) electrons. The number of ether oxygens (including phenoxy) is 6. The number of thioether (sulfide) groups is 1. The first-order valence-corrected chi connectivity index (χ1v) is 49.3. The Morgan fingerprint density at radius 1 is 0.717 bits per heavy atom. The number of nitrogens with one attached hydrogen (secondary N) is 3. The predicted molar refractivity (Wildman–Crippen MR) is 526 cm³/mol. The Bertz CT molecular complexity index is 6460. The number of sulfonamides is 1. The Hall–Kier alpha value is -13.1. The molecule has 728 valence electrons. The number of amides is 2. The number of phenolic OH excluding ortho intramolecular Hbond substituents is 1. The molecule has 13 aromatic rings. The zero-order chi connectivity index (χ0) is 98.5. The minimum atomic E-state index is -4.81. The van der Waals surface area contributed by atoms with Gasteiger partial charge < -0.3 is 68.4 Å². The van der Waals surface area contributed by atoms with Crippen LogP contribution in [-0.4, -0.2) is 158 Å². The van der Waals surface area contributed by atoms with Gasteiger partial charge in [0.05, 0.1) is 53.7 Å². The molecule has 6 aromatic carbocycles. The summed E-state index contributed by atoms with van der Waals surface area (Å²) in [5.41, 5.74) is 17.2. The number of para-hydroxylation sites is 2. The number of aliphatic hydroxyl groups is 1. The number of hydrogen-bond donors (Lipinski definition) is 6. The number of aromatic hydroxyl groups is 1.